The highest BCUT2D eigenvalue weighted by molar-refractivity contribution is 5.75. The van der Waals surface area contributed by atoms with E-state index in [0.29, 0.717) is 6.54 Å². The molecule has 2 rings (SSSR count). The van der Waals surface area contributed by atoms with E-state index in [4.69, 9.17) is 5.73 Å². The lowest BCUT2D eigenvalue weighted by molar-refractivity contribution is -0.118. The molecule has 0 unspecified atom stereocenters. The number of carbonyl (C=O) groups is 1. The summed E-state index contributed by atoms with van der Waals surface area (Å²) in [5.74, 6) is -0.285. The summed E-state index contributed by atoms with van der Waals surface area (Å²) in [5, 5.41) is 0. The van der Waals surface area contributed by atoms with Gasteiger partial charge >= 0.3 is 0 Å². The van der Waals surface area contributed by atoms with E-state index in [0.717, 1.165) is 13.0 Å². The van der Waals surface area contributed by atoms with Gasteiger partial charge in [0.1, 0.15) is 0 Å². The zero-order valence-corrected chi connectivity index (χ0v) is 11.8. The summed E-state index contributed by atoms with van der Waals surface area (Å²) in [6.07, 6.45) is 0.916. The van der Waals surface area contributed by atoms with Crippen molar-refractivity contribution in [2.45, 2.75) is 6.42 Å². The second kappa shape index (κ2) is 6.87. The quantitative estimate of drug-likeness (QED) is 0.874. The van der Waals surface area contributed by atoms with E-state index in [1.54, 1.807) is 0 Å². The number of nitrogens with zero attached hydrogens (tertiary/aromatic N) is 1. The second-order valence-electron chi connectivity index (χ2n) is 5.02. The molecule has 0 aliphatic carbocycles. The summed E-state index contributed by atoms with van der Waals surface area (Å²) in [6.45, 7) is 1.13. The predicted octanol–water partition coefficient (Wildman–Crippen LogP) is 2.31. The topological polar surface area (TPSA) is 46.3 Å². The van der Waals surface area contributed by atoms with Gasteiger partial charge < -0.3 is 5.73 Å². The first-order valence-corrected chi connectivity index (χ1v) is 6.76. The van der Waals surface area contributed by atoms with Gasteiger partial charge in [-0.25, -0.2) is 0 Å². The summed E-state index contributed by atoms with van der Waals surface area (Å²) < 4.78 is 0. The molecule has 0 heterocycles. The Morgan fingerprint density at radius 2 is 1.60 bits per heavy atom. The van der Waals surface area contributed by atoms with Crippen LogP contribution in [0, 0.1) is 0 Å². The molecule has 3 nitrogen and oxygen atoms in total. The minimum absolute atomic E-state index is 0.285. The lowest BCUT2D eigenvalue weighted by Crippen LogP contribution is -2.32. The summed E-state index contributed by atoms with van der Waals surface area (Å²) in [6, 6.07) is 18.9. The van der Waals surface area contributed by atoms with E-state index in [1.807, 2.05) is 30.1 Å². The Hall–Kier alpha value is -2.13. The minimum atomic E-state index is -0.285. The number of rotatable bonds is 6. The highest BCUT2D eigenvalue weighted by Crippen LogP contribution is 2.19. The molecule has 0 saturated heterocycles. The van der Waals surface area contributed by atoms with Crippen molar-refractivity contribution in [3.05, 3.63) is 60.2 Å². The molecule has 0 atom stereocenters. The Morgan fingerprint density at radius 1 is 1.00 bits per heavy atom. The molecule has 1 amide bonds. The van der Waals surface area contributed by atoms with Gasteiger partial charge in [-0.1, -0.05) is 54.6 Å². The first-order valence-electron chi connectivity index (χ1n) is 6.76. The Kier molecular flexibility index (Phi) is 4.91. The smallest absolute Gasteiger partial charge is 0.231 e. The van der Waals surface area contributed by atoms with Crippen LogP contribution in [0.15, 0.2) is 54.6 Å². The number of benzene rings is 2. The third kappa shape index (κ3) is 4.21. The van der Waals surface area contributed by atoms with Crippen LogP contribution >= 0.6 is 0 Å². The van der Waals surface area contributed by atoms with Crippen LogP contribution in [0.5, 0.6) is 0 Å². The third-order valence-corrected chi connectivity index (χ3v) is 3.27. The minimum Gasteiger partial charge on any atom is -0.369 e. The maximum atomic E-state index is 10.8. The standard InChI is InChI=1S/C17H20N2O/c1-19(13-17(18)20)12-11-14-7-9-16(10-8-14)15-5-3-2-4-6-15/h2-10H,11-13H2,1H3,(H2,18,20). The van der Waals surface area contributed by atoms with Crippen molar-refractivity contribution in [3.8, 4) is 11.1 Å². The molecule has 2 aromatic rings. The lowest BCUT2D eigenvalue weighted by atomic mass is 10.0. The number of hydrogen-bond donors (Lipinski definition) is 1. The fraction of sp³-hybridized carbons (Fsp3) is 0.235. The fourth-order valence-corrected chi connectivity index (χ4v) is 2.16. The van der Waals surface area contributed by atoms with Crippen molar-refractivity contribution >= 4 is 5.91 Å². The Bertz CT molecular complexity index is 549. The van der Waals surface area contributed by atoms with Crippen LogP contribution in [0.3, 0.4) is 0 Å². The molecule has 0 bridgehead atoms. The molecule has 0 spiro atoms. The average Bonchev–Trinajstić information content (AvgIpc) is 2.46. The van der Waals surface area contributed by atoms with E-state index >= 15 is 0 Å². The highest BCUT2D eigenvalue weighted by Gasteiger charge is 2.03. The van der Waals surface area contributed by atoms with E-state index in [9.17, 15) is 4.79 Å². The number of amides is 1. The van der Waals surface area contributed by atoms with Crippen LogP contribution in [-0.2, 0) is 11.2 Å². The fourth-order valence-electron chi connectivity index (χ4n) is 2.16. The van der Waals surface area contributed by atoms with Gasteiger partial charge in [0.15, 0.2) is 0 Å². The summed E-state index contributed by atoms with van der Waals surface area (Å²) >= 11 is 0. The number of nitrogens with two attached hydrogens (primary N) is 1. The monoisotopic (exact) mass is 268 g/mol. The van der Waals surface area contributed by atoms with E-state index < -0.39 is 0 Å². The molecule has 0 saturated carbocycles. The molecule has 20 heavy (non-hydrogen) atoms. The van der Waals surface area contributed by atoms with Crippen LogP contribution < -0.4 is 5.73 Å². The van der Waals surface area contributed by atoms with Gasteiger partial charge in [-0.2, -0.15) is 0 Å². The van der Waals surface area contributed by atoms with Gasteiger partial charge in [-0.15, -0.1) is 0 Å². The molecule has 104 valence electrons. The average molecular weight is 268 g/mol. The van der Waals surface area contributed by atoms with Crippen molar-refractivity contribution in [3.63, 3.8) is 0 Å². The largest absolute Gasteiger partial charge is 0.369 e. The van der Waals surface area contributed by atoms with Crippen LogP contribution in [0.2, 0.25) is 0 Å². The Morgan fingerprint density at radius 3 is 2.20 bits per heavy atom. The molecule has 0 aromatic heterocycles. The van der Waals surface area contributed by atoms with E-state index in [1.165, 1.54) is 16.7 Å². The zero-order chi connectivity index (χ0) is 14.4. The van der Waals surface area contributed by atoms with Gasteiger partial charge in [0.2, 0.25) is 5.91 Å². The number of carbonyl (C=O) groups excluding carboxylic acids is 1. The molecule has 0 aliphatic heterocycles. The van der Waals surface area contributed by atoms with Crippen molar-refractivity contribution in [1.82, 2.24) is 4.90 Å². The van der Waals surface area contributed by atoms with Crippen molar-refractivity contribution in [2.75, 3.05) is 20.1 Å². The SMILES string of the molecule is CN(CCc1ccc(-c2ccccc2)cc1)CC(N)=O. The number of hydrogen-bond acceptors (Lipinski definition) is 2. The van der Waals surface area contributed by atoms with Crippen LogP contribution in [-0.4, -0.2) is 30.9 Å². The van der Waals surface area contributed by atoms with Gasteiger partial charge in [0, 0.05) is 6.54 Å². The first kappa shape index (κ1) is 14.3. The first-order chi connectivity index (χ1) is 9.65. The maximum absolute atomic E-state index is 10.8. The molecule has 2 N–H and O–H groups in total. The number of likely N-dealkylation sites (N-methyl/N-ethyl adjacent to an activating group) is 1. The molecule has 0 aliphatic rings. The van der Waals surface area contributed by atoms with Gasteiger partial charge in [-0.3, -0.25) is 9.69 Å². The summed E-state index contributed by atoms with van der Waals surface area (Å²) in [7, 11) is 1.91. The van der Waals surface area contributed by atoms with Crippen molar-refractivity contribution in [2.24, 2.45) is 5.73 Å². The van der Waals surface area contributed by atoms with Gasteiger partial charge in [-0.05, 0) is 30.2 Å². The normalized spacial score (nSPS) is 10.7. The molecular weight excluding hydrogens is 248 g/mol. The van der Waals surface area contributed by atoms with Crippen LogP contribution in [0.25, 0.3) is 11.1 Å². The van der Waals surface area contributed by atoms with Gasteiger partial charge in [0.05, 0.1) is 6.54 Å². The number of primary amides is 1. The molecular formula is C17H20N2O. The predicted molar refractivity (Wildman–Crippen MR) is 82.3 cm³/mol. The van der Waals surface area contributed by atoms with E-state index in [2.05, 4.69) is 36.4 Å². The second-order valence-corrected chi connectivity index (χ2v) is 5.02. The maximum Gasteiger partial charge on any atom is 0.231 e. The highest BCUT2D eigenvalue weighted by atomic mass is 16.1. The van der Waals surface area contributed by atoms with Crippen molar-refractivity contribution < 1.29 is 4.79 Å². The Labute approximate surface area is 120 Å². The lowest BCUT2D eigenvalue weighted by Gasteiger charge is -2.14. The van der Waals surface area contributed by atoms with Crippen molar-refractivity contribution in [1.29, 1.82) is 0 Å². The third-order valence-electron chi connectivity index (χ3n) is 3.27. The van der Waals surface area contributed by atoms with E-state index in [-0.39, 0.29) is 5.91 Å². The molecule has 2 aromatic carbocycles. The molecule has 3 heteroatoms. The van der Waals surface area contributed by atoms with Gasteiger partial charge in [0.25, 0.3) is 0 Å². The Balaban J connectivity index is 1.94. The summed E-state index contributed by atoms with van der Waals surface area (Å²) in [5.41, 5.74) is 8.88. The van der Waals surface area contributed by atoms with Crippen LogP contribution in [0.1, 0.15) is 5.56 Å². The summed E-state index contributed by atoms with van der Waals surface area (Å²) in [4.78, 5) is 12.7. The zero-order valence-electron chi connectivity index (χ0n) is 11.8. The van der Waals surface area contributed by atoms with Crippen LogP contribution in [0.4, 0.5) is 0 Å². The molecule has 0 fully saturated rings. The molecule has 0 radical (unpaired) electrons.